The van der Waals surface area contributed by atoms with Gasteiger partial charge in [0.25, 0.3) is 10.0 Å². The second-order valence-electron chi connectivity index (χ2n) is 3.93. The van der Waals surface area contributed by atoms with Gasteiger partial charge >= 0.3 is 0 Å². The summed E-state index contributed by atoms with van der Waals surface area (Å²) in [6.07, 6.45) is 3.58. The smallest absolute Gasteiger partial charge is 0.257 e. The van der Waals surface area contributed by atoms with Crippen LogP contribution in [0, 0.1) is 6.92 Å². The van der Waals surface area contributed by atoms with Crippen LogP contribution in [0.5, 0.6) is 0 Å². The summed E-state index contributed by atoms with van der Waals surface area (Å²) in [6.45, 7) is 2.02. The van der Waals surface area contributed by atoms with Crippen LogP contribution in [-0.2, 0) is 23.5 Å². The zero-order valence-corrected chi connectivity index (χ0v) is 11.0. The molecule has 0 unspecified atom stereocenters. The lowest BCUT2D eigenvalue weighted by atomic mass is 10.3. The van der Waals surface area contributed by atoms with E-state index >= 15 is 0 Å². The highest BCUT2D eigenvalue weighted by Gasteiger charge is 2.15. The van der Waals surface area contributed by atoms with Crippen LogP contribution in [0.25, 0.3) is 0 Å². The normalized spacial score (nSPS) is 11.9. The zero-order chi connectivity index (χ0) is 13.2. The maximum absolute atomic E-state index is 11.9. The molecule has 0 aliphatic carbocycles. The Hall–Kier alpha value is -1.67. The molecule has 0 spiro atoms. The summed E-state index contributed by atoms with van der Waals surface area (Å²) in [7, 11) is -1.68. The molecule has 0 aliphatic heterocycles. The number of nitrogens with zero attached hydrogens (tertiary/aromatic N) is 3. The van der Waals surface area contributed by atoms with Crippen molar-refractivity contribution >= 4 is 10.0 Å². The van der Waals surface area contributed by atoms with Crippen molar-refractivity contribution in [3.05, 3.63) is 30.0 Å². The highest BCUT2D eigenvalue weighted by molar-refractivity contribution is 7.89. The van der Waals surface area contributed by atoms with E-state index in [0.717, 1.165) is 5.69 Å². The number of aromatic nitrogens is 4. The van der Waals surface area contributed by atoms with E-state index in [1.807, 2.05) is 13.1 Å². The predicted octanol–water partition coefficient (Wildman–Crippen LogP) is -0.0274. The van der Waals surface area contributed by atoms with E-state index in [1.165, 1.54) is 6.20 Å². The summed E-state index contributed by atoms with van der Waals surface area (Å²) in [4.78, 5) is 6.56. The van der Waals surface area contributed by atoms with Crippen molar-refractivity contribution in [3.8, 4) is 0 Å². The lowest BCUT2D eigenvalue weighted by Crippen LogP contribution is -2.26. The van der Waals surface area contributed by atoms with Crippen molar-refractivity contribution in [3.63, 3.8) is 0 Å². The largest absolute Gasteiger partial charge is 0.332 e. The van der Waals surface area contributed by atoms with Crippen LogP contribution in [0.15, 0.2) is 23.5 Å². The van der Waals surface area contributed by atoms with Gasteiger partial charge in [0.05, 0.1) is 6.20 Å². The SMILES string of the molecule is Cc1ncc(S(=O)(=O)NCCc2ccnn2C)[nH]1. The molecule has 0 aliphatic rings. The second-order valence-corrected chi connectivity index (χ2v) is 5.66. The third-order valence-corrected chi connectivity index (χ3v) is 3.94. The summed E-state index contributed by atoms with van der Waals surface area (Å²) in [5, 5.41) is 4.10. The van der Waals surface area contributed by atoms with Crippen molar-refractivity contribution < 1.29 is 8.42 Å². The molecule has 0 saturated carbocycles. The number of hydrogen-bond acceptors (Lipinski definition) is 4. The topological polar surface area (TPSA) is 92.7 Å². The molecule has 2 N–H and O–H groups in total. The van der Waals surface area contributed by atoms with Gasteiger partial charge in [0.15, 0.2) is 5.03 Å². The van der Waals surface area contributed by atoms with Gasteiger partial charge in [-0.2, -0.15) is 5.10 Å². The molecule has 98 valence electrons. The monoisotopic (exact) mass is 269 g/mol. The van der Waals surface area contributed by atoms with E-state index in [-0.39, 0.29) is 5.03 Å². The van der Waals surface area contributed by atoms with Gasteiger partial charge in [0, 0.05) is 31.9 Å². The first-order chi connectivity index (χ1) is 8.49. The van der Waals surface area contributed by atoms with E-state index < -0.39 is 10.0 Å². The van der Waals surface area contributed by atoms with Gasteiger partial charge in [-0.3, -0.25) is 4.68 Å². The minimum atomic E-state index is -3.50. The molecule has 0 amide bonds. The number of hydrogen-bond donors (Lipinski definition) is 2. The molecule has 0 bridgehead atoms. The molecule has 18 heavy (non-hydrogen) atoms. The molecule has 8 heteroatoms. The summed E-state index contributed by atoms with van der Waals surface area (Å²) in [5.41, 5.74) is 0.971. The van der Waals surface area contributed by atoms with Gasteiger partial charge in [0.2, 0.25) is 0 Å². The average Bonchev–Trinajstić information content (AvgIpc) is 2.89. The van der Waals surface area contributed by atoms with E-state index in [2.05, 4.69) is 19.8 Å². The summed E-state index contributed by atoms with van der Waals surface area (Å²) < 4.78 is 27.9. The standard InChI is InChI=1S/C10H15N5O2S/c1-8-11-7-10(14-8)18(16,17)13-6-4-9-3-5-12-15(9)2/h3,5,7,13H,4,6H2,1-2H3,(H,11,14). The van der Waals surface area contributed by atoms with E-state index in [4.69, 9.17) is 0 Å². The van der Waals surface area contributed by atoms with Crippen LogP contribution in [0.1, 0.15) is 11.5 Å². The van der Waals surface area contributed by atoms with Crippen molar-refractivity contribution in [2.75, 3.05) is 6.54 Å². The number of aromatic amines is 1. The molecule has 0 saturated heterocycles. The Morgan fingerprint density at radius 2 is 2.28 bits per heavy atom. The minimum absolute atomic E-state index is 0.0880. The Balaban J connectivity index is 1.96. The molecule has 0 radical (unpaired) electrons. The molecule has 2 aromatic heterocycles. The molecule has 2 aromatic rings. The third-order valence-electron chi connectivity index (χ3n) is 2.56. The maximum atomic E-state index is 11.9. The Labute approximate surface area is 105 Å². The number of sulfonamides is 1. The Morgan fingerprint density at radius 1 is 1.50 bits per heavy atom. The zero-order valence-electron chi connectivity index (χ0n) is 10.2. The molecule has 2 heterocycles. The minimum Gasteiger partial charge on any atom is -0.332 e. The van der Waals surface area contributed by atoms with Gasteiger partial charge in [-0.1, -0.05) is 0 Å². The first-order valence-electron chi connectivity index (χ1n) is 5.47. The van der Waals surface area contributed by atoms with Crippen molar-refractivity contribution in [1.29, 1.82) is 0 Å². The van der Waals surface area contributed by atoms with Gasteiger partial charge in [0.1, 0.15) is 5.82 Å². The van der Waals surface area contributed by atoms with Crippen molar-refractivity contribution in [2.24, 2.45) is 7.05 Å². The van der Waals surface area contributed by atoms with Gasteiger partial charge in [-0.15, -0.1) is 0 Å². The van der Waals surface area contributed by atoms with E-state index in [0.29, 0.717) is 18.8 Å². The molecule has 0 fully saturated rings. The number of imidazole rings is 1. The van der Waals surface area contributed by atoms with Crippen LogP contribution >= 0.6 is 0 Å². The molecule has 0 aromatic carbocycles. The summed E-state index contributed by atoms with van der Waals surface area (Å²) in [5.74, 6) is 0.571. The van der Waals surface area contributed by atoms with Crippen LogP contribution in [0.4, 0.5) is 0 Å². The summed E-state index contributed by atoms with van der Waals surface area (Å²) >= 11 is 0. The van der Waals surface area contributed by atoms with Crippen molar-refractivity contribution in [2.45, 2.75) is 18.4 Å². The van der Waals surface area contributed by atoms with E-state index in [1.54, 1.807) is 17.8 Å². The fraction of sp³-hybridized carbons (Fsp3) is 0.400. The number of rotatable bonds is 5. The Morgan fingerprint density at radius 3 is 2.83 bits per heavy atom. The van der Waals surface area contributed by atoms with Gasteiger partial charge < -0.3 is 4.98 Å². The molecule has 2 rings (SSSR count). The van der Waals surface area contributed by atoms with Crippen molar-refractivity contribution in [1.82, 2.24) is 24.5 Å². The average molecular weight is 269 g/mol. The number of H-pyrrole nitrogens is 1. The fourth-order valence-corrected chi connectivity index (χ4v) is 2.57. The molecular weight excluding hydrogens is 254 g/mol. The maximum Gasteiger partial charge on any atom is 0.257 e. The van der Waals surface area contributed by atoms with Gasteiger partial charge in [-0.25, -0.2) is 18.1 Å². The highest BCUT2D eigenvalue weighted by atomic mass is 32.2. The first kappa shape index (κ1) is 12.8. The Kier molecular flexibility index (Phi) is 3.48. The van der Waals surface area contributed by atoms with E-state index in [9.17, 15) is 8.42 Å². The third kappa shape index (κ3) is 2.77. The van der Waals surface area contributed by atoms with Gasteiger partial charge in [-0.05, 0) is 13.0 Å². The number of aryl methyl sites for hydroxylation is 2. The fourth-order valence-electron chi connectivity index (χ4n) is 1.57. The van der Waals surface area contributed by atoms with Crippen LogP contribution in [-0.4, -0.2) is 34.7 Å². The Bertz CT molecular complexity index is 628. The van der Waals surface area contributed by atoms with Crippen LogP contribution < -0.4 is 4.72 Å². The molecular formula is C10H15N5O2S. The highest BCUT2D eigenvalue weighted by Crippen LogP contribution is 2.05. The molecule has 7 nitrogen and oxygen atoms in total. The predicted molar refractivity (Wildman–Crippen MR) is 65.4 cm³/mol. The molecule has 0 atom stereocenters. The first-order valence-corrected chi connectivity index (χ1v) is 6.95. The lowest BCUT2D eigenvalue weighted by molar-refractivity contribution is 0.576. The summed E-state index contributed by atoms with van der Waals surface area (Å²) in [6, 6.07) is 1.86. The lowest BCUT2D eigenvalue weighted by Gasteiger charge is -2.04. The van der Waals surface area contributed by atoms with Crippen LogP contribution in [0.2, 0.25) is 0 Å². The quantitative estimate of drug-likeness (QED) is 0.797. The van der Waals surface area contributed by atoms with Crippen LogP contribution in [0.3, 0.4) is 0 Å². The number of nitrogens with one attached hydrogen (secondary N) is 2. The second kappa shape index (κ2) is 4.91.